The summed E-state index contributed by atoms with van der Waals surface area (Å²) in [4.78, 5) is 4.34. The van der Waals surface area contributed by atoms with Gasteiger partial charge in [0.1, 0.15) is 5.82 Å². The lowest BCUT2D eigenvalue weighted by molar-refractivity contribution is 0.687. The number of pyridine rings is 1. The summed E-state index contributed by atoms with van der Waals surface area (Å²) < 4.78 is 1.03. The van der Waals surface area contributed by atoms with Gasteiger partial charge in [-0.1, -0.05) is 13.3 Å². The number of aromatic nitrogens is 1. The van der Waals surface area contributed by atoms with Crippen LogP contribution in [0.4, 0.5) is 5.82 Å². The standard InChI is InChI=1S/C11H17BrN2/c1-4-5-9(3)14-11-8(2)6-10(12)7-13-11/h6-7,9H,4-5H2,1-3H3,(H,13,14). The summed E-state index contributed by atoms with van der Waals surface area (Å²) in [7, 11) is 0. The molecule has 0 aliphatic heterocycles. The van der Waals surface area contributed by atoms with E-state index in [1.807, 2.05) is 6.20 Å². The Kier molecular flexibility index (Phi) is 4.39. The Morgan fingerprint density at radius 1 is 1.57 bits per heavy atom. The first-order valence-electron chi connectivity index (χ1n) is 5.02. The van der Waals surface area contributed by atoms with Crippen molar-refractivity contribution in [3.05, 3.63) is 22.3 Å². The molecule has 0 saturated heterocycles. The van der Waals surface area contributed by atoms with Crippen LogP contribution in [0.3, 0.4) is 0 Å². The molecule has 1 heterocycles. The molecule has 1 aromatic heterocycles. The van der Waals surface area contributed by atoms with Crippen molar-refractivity contribution in [1.82, 2.24) is 4.98 Å². The molecule has 0 aliphatic carbocycles. The van der Waals surface area contributed by atoms with Crippen LogP contribution in [0.5, 0.6) is 0 Å². The monoisotopic (exact) mass is 256 g/mol. The second-order valence-corrected chi connectivity index (χ2v) is 4.57. The predicted molar refractivity (Wildman–Crippen MR) is 64.7 cm³/mol. The zero-order valence-corrected chi connectivity index (χ0v) is 10.6. The average Bonchev–Trinajstić information content (AvgIpc) is 2.10. The summed E-state index contributed by atoms with van der Waals surface area (Å²) in [6, 6.07) is 2.57. The fourth-order valence-corrected chi connectivity index (χ4v) is 1.88. The van der Waals surface area contributed by atoms with Crippen molar-refractivity contribution >= 4 is 21.7 Å². The summed E-state index contributed by atoms with van der Waals surface area (Å²) in [5.74, 6) is 0.995. The molecule has 0 radical (unpaired) electrons. The maximum Gasteiger partial charge on any atom is 0.129 e. The lowest BCUT2D eigenvalue weighted by Crippen LogP contribution is -2.16. The topological polar surface area (TPSA) is 24.9 Å². The molecule has 1 rings (SSSR count). The third kappa shape index (κ3) is 3.29. The van der Waals surface area contributed by atoms with Crippen LogP contribution in [0.1, 0.15) is 32.3 Å². The largest absolute Gasteiger partial charge is 0.367 e. The summed E-state index contributed by atoms with van der Waals surface area (Å²) >= 11 is 3.40. The van der Waals surface area contributed by atoms with Crippen LogP contribution in [0.25, 0.3) is 0 Å². The minimum Gasteiger partial charge on any atom is -0.367 e. The van der Waals surface area contributed by atoms with E-state index >= 15 is 0 Å². The Balaban J connectivity index is 2.67. The first kappa shape index (κ1) is 11.5. The third-order valence-electron chi connectivity index (χ3n) is 2.15. The highest BCUT2D eigenvalue weighted by Crippen LogP contribution is 2.18. The van der Waals surface area contributed by atoms with Gasteiger partial charge in [0, 0.05) is 16.7 Å². The molecule has 14 heavy (non-hydrogen) atoms. The quantitative estimate of drug-likeness (QED) is 0.888. The molecule has 0 fully saturated rings. The zero-order valence-electron chi connectivity index (χ0n) is 8.97. The second kappa shape index (κ2) is 5.35. The fourth-order valence-electron chi connectivity index (χ4n) is 1.43. The van der Waals surface area contributed by atoms with Crippen LogP contribution in [-0.2, 0) is 0 Å². The van der Waals surface area contributed by atoms with Crippen LogP contribution >= 0.6 is 15.9 Å². The van der Waals surface area contributed by atoms with Gasteiger partial charge in [-0.3, -0.25) is 0 Å². The summed E-state index contributed by atoms with van der Waals surface area (Å²) in [6.07, 6.45) is 4.20. The number of nitrogens with one attached hydrogen (secondary N) is 1. The highest BCUT2D eigenvalue weighted by molar-refractivity contribution is 9.10. The van der Waals surface area contributed by atoms with E-state index in [1.165, 1.54) is 18.4 Å². The van der Waals surface area contributed by atoms with Gasteiger partial charge >= 0.3 is 0 Å². The van der Waals surface area contributed by atoms with Gasteiger partial charge in [-0.2, -0.15) is 0 Å². The van der Waals surface area contributed by atoms with Crippen molar-refractivity contribution in [3.8, 4) is 0 Å². The van der Waals surface area contributed by atoms with E-state index in [2.05, 4.69) is 53.1 Å². The van der Waals surface area contributed by atoms with Crippen molar-refractivity contribution < 1.29 is 0 Å². The molecule has 78 valence electrons. The van der Waals surface area contributed by atoms with Crippen molar-refractivity contribution in [2.45, 2.75) is 39.7 Å². The van der Waals surface area contributed by atoms with Crippen LogP contribution in [0.15, 0.2) is 16.7 Å². The maximum atomic E-state index is 4.34. The number of rotatable bonds is 4. The van der Waals surface area contributed by atoms with E-state index < -0.39 is 0 Å². The first-order valence-corrected chi connectivity index (χ1v) is 5.81. The molecule has 3 heteroatoms. The highest BCUT2D eigenvalue weighted by atomic mass is 79.9. The third-order valence-corrected chi connectivity index (χ3v) is 2.58. The summed E-state index contributed by atoms with van der Waals surface area (Å²) in [5, 5.41) is 3.41. The molecule has 0 spiro atoms. The fraction of sp³-hybridized carbons (Fsp3) is 0.545. The lowest BCUT2D eigenvalue weighted by Gasteiger charge is -2.15. The zero-order chi connectivity index (χ0) is 10.6. The number of aryl methyl sites for hydroxylation is 1. The van der Waals surface area contributed by atoms with Crippen molar-refractivity contribution in [2.24, 2.45) is 0 Å². The molecular weight excluding hydrogens is 240 g/mol. The van der Waals surface area contributed by atoms with Crippen LogP contribution < -0.4 is 5.32 Å². The van der Waals surface area contributed by atoms with E-state index in [-0.39, 0.29) is 0 Å². The average molecular weight is 257 g/mol. The second-order valence-electron chi connectivity index (χ2n) is 3.65. The van der Waals surface area contributed by atoms with Gasteiger partial charge in [0.25, 0.3) is 0 Å². The van der Waals surface area contributed by atoms with Gasteiger partial charge in [-0.15, -0.1) is 0 Å². The Morgan fingerprint density at radius 2 is 2.29 bits per heavy atom. The van der Waals surface area contributed by atoms with Crippen molar-refractivity contribution in [3.63, 3.8) is 0 Å². The van der Waals surface area contributed by atoms with Gasteiger partial charge in [0.2, 0.25) is 0 Å². The number of anilines is 1. The van der Waals surface area contributed by atoms with Gasteiger partial charge in [-0.05, 0) is 47.8 Å². The van der Waals surface area contributed by atoms with Gasteiger partial charge < -0.3 is 5.32 Å². The van der Waals surface area contributed by atoms with E-state index in [0.717, 1.165) is 10.3 Å². The van der Waals surface area contributed by atoms with Crippen molar-refractivity contribution in [2.75, 3.05) is 5.32 Å². The van der Waals surface area contributed by atoms with Gasteiger partial charge in [0.05, 0.1) is 0 Å². The summed E-state index contributed by atoms with van der Waals surface area (Å²) in [5.41, 5.74) is 1.18. The van der Waals surface area contributed by atoms with Crippen LogP contribution in [0.2, 0.25) is 0 Å². The number of hydrogen-bond acceptors (Lipinski definition) is 2. The number of hydrogen-bond donors (Lipinski definition) is 1. The Morgan fingerprint density at radius 3 is 2.86 bits per heavy atom. The number of halogens is 1. The van der Waals surface area contributed by atoms with E-state index in [4.69, 9.17) is 0 Å². The molecule has 1 atom stereocenters. The maximum absolute atomic E-state index is 4.34. The molecule has 0 saturated carbocycles. The predicted octanol–water partition coefficient (Wildman–Crippen LogP) is 3.75. The molecule has 1 aromatic rings. The van der Waals surface area contributed by atoms with Gasteiger partial charge in [-0.25, -0.2) is 4.98 Å². The van der Waals surface area contributed by atoms with Crippen LogP contribution in [-0.4, -0.2) is 11.0 Å². The molecule has 1 N–H and O–H groups in total. The van der Waals surface area contributed by atoms with E-state index in [1.54, 1.807) is 0 Å². The Labute approximate surface area is 94.3 Å². The minimum absolute atomic E-state index is 0.493. The molecule has 1 unspecified atom stereocenters. The summed E-state index contributed by atoms with van der Waals surface area (Å²) in [6.45, 7) is 6.45. The molecule has 0 aromatic carbocycles. The van der Waals surface area contributed by atoms with Gasteiger partial charge in [0.15, 0.2) is 0 Å². The van der Waals surface area contributed by atoms with Crippen molar-refractivity contribution in [1.29, 1.82) is 0 Å². The Hall–Kier alpha value is -0.570. The smallest absolute Gasteiger partial charge is 0.129 e. The minimum atomic E-state index is 0.493. The number of nitrogens with zero attached hydrogens (tertiary/aromatic N) is 1. The van der Waals surface area contributed by atoms with E-state index in [9.17, 15) is 0 Å². The molecule has 0 aliphatic rings. The highest BCUT2D eigenvalue weighted by Gasteiger charge is 2.04. The first-order chi connectivity index (χ1) is 6.63. The Bertz CT molecular complexity index is 299. The van der Waals surface area contributed by atoms with E-state index in [0.29, 0.717) is 6.04 Å². The normalized spacial score (nSPS) is 12.6. The van der Waals surface area contributed by atoms with Crippen LogP contribution in [0, 0.1) is 6.92 Å². The molecular formula is C11H17BrN2. The lowest BCUT2D eigenvalue weighted by atomic mass is 10.2. The molecule has 2 nitrogen and oxygen atoms in total. The SMILES string of the molecule is CCCC(C)Nc1ncc(Br)cc1C. The molecule has 0 bridgehead atoms. The molecule has 0 amide bonds.